The van der Waals surface area contributed by atoms with Crippen LogP contribution < -0.4 is 0 Å². The highest BCUT2D eigenvalue weighted by molar-refractivity contribution is 6.39. The molecule has 0 unspecified atom stereocenters. The van der Waals surface area contributed by atoms with E-state index in [-0.39, 0.29) is 54.8 Å². The SMILES string of the molecule is CO[C@H]1C[C@@H]2CC[C@@H](C)[C@@](O)(O2)C(=O)C(=O)N2CCCC[C@H]2C(=O)O[C@H]([C@H](C)C[C@@H]2CC[C@@H](O)[C@H](OC)C2)CC(=O)[C@H](C)/C=C(\C)[C@H](O)[C@@H](OC)C(=O)[C@H](C)C[C@H](C)/C=C/C=CC=C1C. The number of hydrogen-bond acceptors (Lipinski definition) is 13. The fourth-order valence-electron chi connectivity index (χ4n) is 10.1. The molecule has 0 aromatic rings. The number of aliphatic hydroxyl groups is 3. The van der Waals surface area contributed by atoms with E-state index in [2.05, 4.69) is 0 Å². The van der Waals surface area contributed by atoms with E-state index in [4.69, 9.17) is 23.7 Å². The second-order valence-corrected chi connectivity index (χ2v) is 19.6. The zero-order valence-electron chi connectivity index (χ0n) is 40.6. The summed E-state index contributed by atoms with van der Waals surface area (Å²) in [6.07, 6.45) is 11.2. The highest BCUT2D eigenvalue weighted by Gasteiger charge is 2.53. The number of piperidine rings is 1. The molecular formula is C51H79NO13. The molecule has 14 heteroatoms. The number of Topliss-reactive ketones (excluding diaryl/α,β-unsaturated/α-hetero) is 3. The van der Waals surface area contributed by atoms with E-state index in [1.165, 1.54) is 12.0 Å². The zero-order valence-corrected chi connectivity index (χ0v) is 40.6. The molecule has 14 nitrogen and oxygen atoms in total. The number of nitrogens with zero attached hydrogens (tertiary/aromatic N) is 1. The molecule has 0 aromatic heterocycles. The van der Waals surface area contributed by atoms with Crippen molar-refractivity contribution < 1.29 is 63.0 Å². The third-order valence-electron chi connectivity index (χ3n) is 14.5. The normalized spacial score (nSPS) is 39.1. The number of aliphatic hydroxyl groups excluding tert-OH is 2. The topological polar surface area (TPSA) is 195 Å². The van der Waals surface area contributed by atoms with Gasteiger partial charge >= 0.3 is 5.97 Å². The summed E-state index contributed by atoms with van der Waals surface area (Å²) in [6.45, 7) is 12.7. The Morgan fingerprint density at radius 1 is 0.846 bits per heavy atom. The van der Waals surface area contributed by atoms with Gasteiger partial charge in [-0.3, -0.25) is 19.2 Å². The van der Waals surface area contributed by atoms with Crippen LogP contribution in [0.1, 0.15) is 126 Å². The first-order chi connectivity index (χ1) is 30.7. The lowest BCUT2D eigenvalue weighted by Gasteiger charge is -2.42. The summed E-state index contributed by atoms with van der Waals surface area (Å²) < 4.78 is 29.4. The summed E-state index contributed by atoms with van der Waals surface area (Å²) in [5, 5.41) is 33.8. The number of carbonyl (C=O) groups is 5. The molecular weight excluding hydrogens is 835 g/mol. The Morgan fingerprint density at radius 2 is 1.57 bits per heavy atom. The number of rotatable bonds is 6. The first-order valence-electron chi connectivity index (χ1n) is 23.9. The summed E-state index contributed by atoms with van der Waals surface area (Å²) in [4.78, 5) is 71.8. The van der Waals surface area contributed by atoms with Crippen molar-refractivity contribution in [3.05, 3.63) is 47.6 Å². The van der Waals surface area contributed by atoms with E-state index in [0.29, 0.717) is 63.4 Å². The number of ketones is 3. The Morgan fingerprint density at radius 3 is 2.25 bits per heavy atom. The minimum absolute atomic E-state index is 0.0193. The summed E-state index contributed by atoms with van der Waals surface area (Å²) >= 11 is 0. The van der Waals surface area contributed by atoms with Crippen LogP contribution in [-0.2, 0) is 47.7 Å². The van der Waals surface area contributed by atoms with E-state index in [1.54, 1.807) is 41.1 Å². The van der Waals surface area contributed by atoms with Crippen molar-refractivity contribution in [1.29, 1.82) is 0 Å². The summed E-state index contributed by atoms with van der Waals surface area (Å²) in [5.74, 6) is -7.96. The monoisotopic (exact) mass is 914 g/mol. The van der Waals surface area contributed by atoms with Gasteiger partial charge < -0.3 is 43.9 Å². The number of fused-ring (bicyclic) bond motifs is 3. The van der Waals surface area contributed by atoms with E-state index in [0.717, 1.165) is 12.0 Å². The van der Waals surface area contributed by atoms with Gasteiger partial charge in [-0.2, -0.15) is 0 Å². The molecule has 366 valence electrons. The average molecular weight is 914 g/mol. The molecule has 0 radical (unpaired) electrons. The molecule has 2 saturated heterocycles. The highest BCUT2D eigenvalue weighted by Crippen LogP contribution is 2.38. The van der Waals surface area contributed by atoms with Crippen LogP contribution in [0.3, 0.4) is 0 Å². The Kier molecular flexibility index (Phi) is 21.0. The van der Waals surface area contributed by atoms with Crippen LogP contribution in [0.15, 0.2) is 47.6 Å². The molecule has 3 fully saturated rings. The molecule has 2 bridgehead atoms. The Bertz CT molecular complexity index is 1760. The number of methoxy groups -OCH3 is 3. The van der Waals surface area contributed by atoms with E-state index < -0.39 is 83.9 Å². The third kappa shape index (κ3) is 14.3. The Balaban J connectivity index is 1.70. The fourth-order valence-corrected chi connectivity index (χ4v) is 10.1. The van der Waals surface area contributed by atoms with Gasteiger partial charge in [0.05, 0.1) is 24.4 Å². The fraction of sp³-hybridized carbons (Fsp3) is 0.745. The van der Waals surface area contributed by atoms with Gasteiger partial charge in [0.1, 0.15) is 30.1 Å². The van der Waals surface area contributed by atoms with Crippen LogP contribution in [-0.4, -0.2) is 132 Å². The Hall–Kier alpha value is -3.37. The summed E-state index contributed by atoms with van der Waals surface area (Å²) in [6, 6.07) is -1.14. The van der Waals surface area contributed by atoms with Gasteiger partial charge in [-0.05, 0) is 107 Å². The van der Waals surface area contributed by atoms with Crippen molar-refractivity contribution in [2.24, 2.45) is 35.5 Å². The van der Waals surface area contributed by atoms with Gasteiger partial charge in [0.15, 0.2) is 5.78 Å². The number of cyclic esters (lactones) is 1. The van der Waals surface area contributed by atoms with Gasteiger partial charge in [-0.1, -0.05) is 71.1 Å². The highest BCUT2D eigenvalue weighted by atomic mass is 16.6. The molecule has 0 aromatic carbocycles. The predicted molar refractivity (Wildman–Crippen MR) is 245 cm³/mol. The molecule has 4 rings (SSSR count). The zero-order chi connectivity index (χ0) is 48.2. The van der Waals surface area contributed by atoms with Crippen LogP contribution in [0.5, 0.6) is 0 Å². The van der Waals surface area contributed by atoms with Crippen LogP contribution in [0, 0.1) is 35.5 Å². The smallest absolute Gasteiger partial charge is 0.329 e. The lowest BCUT2D eigenvalue weighted by molar-refractivity contribution is -0.265. The molecule has 0 spiro atoms. The first kappa shape index (κ1) is 54.2. The van der Waals surface area contributed by atoms with Crippen molar-refractivity contribution in [3.8, 4) is 0 Å². The number of hydrogen-bond donors (Lipinski definition) is 3. The van der Waals surface area contributed by atoms with E-state index in [1.807, 2.05) is 58.1 Å². The minimum atomic E-state index is -2.43. The van der Waals surface area contributed by atoms with Crippen molar-refractivity contribution in [1.82, 2.24) is 4.90 Å². The molecule has 3 heterocycles. The number of esters is 1. The van der Waals surface area contributed by atoms with Crippen LogP contribution in [0.2, 0.25) is 0 Å². The second kappa shape index (κ2) is 25.1. The third-order valence-corrected chi connectivity index (χ3v) is 14.5. The molecule has 3 aliphatic heterocycles. The number of ether oxygens (including phenoxy) is 5. The lowest BCUT2D eigenvalue weighted by Crippen LogP contribution is -2.61. The van der Waals surface area contributed by atoms with Crippen molar-refractivity contribution in [3.63, 3.8) is 0 Å². The maximum Gasteiger partial charge on any atom is 0.329 e. The summed E-state index contributed by atoms with van der Waals surface area (Å²) in [5.41, 5.74) is 1.27. The first-order valence-corrected chi connectivity index (χ1v) is 23.9. The average Bonchev–Trinajstić information content (AvgIpc) is 3.28. The van der Waals surface area contributed by atoms with E-state index >= 15 is 0 Å². The van der Waals surface area contributed by atoms with Crippen LogP contribution >= 0.6 is 0 Å². The molecule has 1 amide bonds. The van der Waals surface area contributed by atoms with Gasteiger partial charge in [0.25, 0.3) is 11.7 Å². The standard InChI is InChI=1S/C51H79NO13/c1-30-16-12-11-13-17-31(2)42(61-8)28-38-21-19-36(7)51(60,65-38)48(57)49(58)52-23-15-14-18-39(52)50(59)64-43(33(4)26-37-20-22-40(53)44(27-37)62-9)29-41(54)32(3)25-35(6)46(56)47(63-10)45(55)34(5)24-30/h11-13,16-17,25,30,32-34,36-40,42-44,46-47,53,56,60H,14-15,18-24,26-29H2,1-10H3/b13-11?,16-12+,31-17?,35-25+/t30-,32-,33-,34-,36-,37+,38+,39+,40-,42+,43+,44-,46+,47+,51-/m1/s1. The van der Waals surface area contributed by atoms with Crippen LogP contribution in [0.4, 0.5) is 0 Å². The van der Waals surface area contributed by atoms with Gasteiger partial charge in [-0.25, -0.2) is 4.79 Å². The minimum Gasteiger partial charge on any atom is -0.460 e. The lowest BCUT2D eigenvalue weighted by atomic mass is 9.78. The molecule has 15 atom stereocenters. The van der Waals surface area contributed by atoms with Crippen molar-refractivity contribution in [2.75, 3.05) is 27.9 Å². The second-order valence-electron chi connectivity index (χ2n) is 19.6. The Labute approximate surface area is 387 Å². The molecule has 3 N–H and O–H groups in total. The number of amides is 1. The summed E-state index contributed by atoms with van der Waals surface area (Å²) in [7, 11) is 4.52. The molecule has 1 saturated carbocycles. The van der Waals surface area contributed by atoms with Gasteiger partial charge in [-0.15, -0.1) is 0 Å². The maximum absolute atomic E-state index is 14.4. The maximum atomic E-state index is 14.4. The largest absolute Gasteiger partial charge is 0.460 e. The van der Waals surface area contributed by atoms with Gasteiger partial charge in [0, 0.05) is 58.5 Å². The van der Waals surface area contributed by atoms with E-state index in [9.17, 15) is 39.3 Å². The molecule has 4 aliphatic rings. The predicted octanol–water partition coefficient (Wildman–Crippen LogP) is 6.18. The van der Waals surface area contributed by atoms with Gasteiger partial charge in [0.2, 0.25) is 5.79 Å². The number of allylic oxidation sites excluding steroid dienone is 6. The molecule has 65 heavy (non-hydrogen) atoms. The van der Waals surface area contributed by atoms with Crippen molar-refractivity contribution >= 4 is 29.2 Å². The quantitative estimate of drug-likeness (QED) is 0.156. The number of carbonyl (C=O) groups excluding carboxylic acids is 5. The molecule has 1 aliphatic carbocycles. The van der Waals surface area contributed by atoms with Crippen molar-refractivity contribution in [2.45, 2.75) is 180 Å². The van der Waals surface area contributed by atoms with Crippen LogP contribution in [0.25, 0.3) is 0 Å².